The van der Waals surface area contributed by atoms with Gasteiger partial charge in [-0.2, -0.15) is 0 Å². The molecule has 0 saturated heterocycles. The van der Waals surface area contributed by atoms with Gasteiger partial charge in [0, 0.05) is 0 Å². The van der Waals surface area contributed by atoms with Gasteiger partial charge in [-0.3, -0.25) is 4.52 Å². The molecule has 0 unspecified atom stereocenters. The van der Waals surface area contributed by atoms with E-state index in [1.54, 1.807) is 7.11 Å². The first kappa shape index (κ1) is 12.2. The standard InChI is InChI=1S/C9H13O2PS2/c1-3-11-8-4-6-9(7-5-8)12(13,14)10-2/h4-7H,3H2,1-2H3,(H,13,14)/p-1. The molecule has 0 heterocycles. The molecule has 0 radical (unpaired) electrons. The van der Waals surface area contributed by atoms with Gasteiger partial charge in [-0.05, 0) is 31.2 Å². The van der Waals surface area contributed by atoms with Crippen LogP contribution in [-0.4, -0.2) is 13.7 Å². The lowest BCUT2D eigenvalue weighted by atomic mass is 10.3. The van der Waals surface area contributed by atoms with E-state index in [0.29, 0.717) is 6.61 Å². The lowest BCUT2D eigenvalue weighted by Gasteiger charge is -2.35. The molecular formula is C9H12O2PS2-. The topological polar surface area (TPSA) is 18.5 Å². The summed E-state index contributed by atoms with van der Waals surface area (Å²) in [7, 11) is 1.56. The molecule has 1 rings (SSSR count). The van der Waals surface area contributed by atoms with Crippen molar-refractivity contribution in [2.75, 3.05) is 13.7 Å². The molecule has 14 heavy (non-hydrogen) atoms. The van der Waals surface area contributed by atoms with E-state index in [4.69, 9.17) is 33.8 Å². The molecule has 0 bridgehead atoms. The zero-order chi connectivity index (χ0) is 10.6. The van der Waals surface area contributed by atoms with Gasteiger partial charge in [-0.25, -0.2) is 0 Å². The van der Waals surface area contributed by atoms with Crippen LogP contribution in [0.1, 0.15) is 6.92 Å². The monoisotopic (exact) mass is 247 g/mol. The lowest BCUT2D eigenvalue weighted by Crippen LogP contribution is -2.08. The maximum absolute atomic E-state index is 5.31. The molecule has 78 valence electrons. The van der Waals surface area contributed by atoms with Crippen LogP contribution in [0.2, 0.25) is 0 Å². The van der Waals surface area contributed by atoms with Crippen LogP contribution in [0.25, 0.3) is 0 Å². The highest BCUT2D eigenvalue weighted by Gasteiger charge is 2.10. The Kier molecular flexibility index (Phi) is 4.58. The van der Waals surface area contributed by atoms with Crippen molar-refractivity contribution in [1.82, 2.24) is 0 Å². The Bertz CT molecular complexity index is 287. The summed E-state index contributed by atoms with van der Waals surface area (Å²) in [5.41, 5.74) is 0. The molecule has 0 atom stereocenters. The van der Waals surface area contributed by atoms with Crippen molar-refractivity contribution in [3.63, 3.8) is 0 Å². The number of rotatable bonds is 4. The van der Waals surface area contributed by atoms with Crippen LogP contribution in [0.3, 0.4) is 0 Å². The fraction of sp³-hybridized carbons (Fsp3) is 0.333. The fourth-order valence-corrected chi connectivity index (χ4v) is 2.45. The Morgan fingerprint density at radius 3 is 2.21 bits per heavy atom. The summed E-state index contributed by atoms with van der Waals surface area (Å²) in [6.45, 7) is 2.60. The normalized spacial score (nSPS) is 11.4. The minimum atomic E-state index is -2.20. The smallest absolute Gasteiger partial charge is 0.119 e. The molecule has 0 aliphatic rings. The average molecular weight is 247 g/mol. The van der Waals surface area contributed by atoms with Gasteiger partial charge in [-0.1, -0.05) is 5.89 Å². The van der Waals surface area contributed by atoms with Crippen molar-refractivity contribution in [1.29, 1.82) is 0 Å². The summed E-state index contributed by atoms with van der Waals surface area (Å²) >= 11 is 10.4. The van der Waals surface area contributed by atoms with Gasteiger partial charge in [0.05, 0.1) is 19.0 Å². The van der Waals surface area contributed by atoms with Crippen molar-refractivity contribution >= 4 is 35.7 Å². The highest BCUT2D eigenvalue weighted by atomic mass is 33.1. The maximum atomic E-state index is 5.31. The van der Waals surface area contributed by atoms with Crippen molar-refractivity contribution in [2.24, 2.45) is 0 Å². The van der Waals surface area contributed by atoms with E-state index in [-0.39, 0.29) is 0 Å². The van der Waals surface area contributed by atoms with E-state index >= 15 is 0 Å². The van der Waals surface area contributed by atoms with Gasteiger partial charge < -0.3 is 29.2 Å². The molecule has 0 fully saturated rings. The minimum Gasteiger partial charge on any atom is -0.542 e. The van der Waals surface area contributed by atoms with Gasteiger partial charge in [0.1, 0.15) is 5.75 Å². The zero-order valence-corrected chi connectivity index (χ0v) is 10.6. The van der Waals surface area contributed by atoms with Crippen LogP contribution in [0.4, 0.5) is 0 Å². The van der Waals surface area contributed by atoms with Crippen LogP contribution < -0.4 is 10.0 Å². The second kappa shape index (κ2) is 5.26. The van der Waals surface area contributed by atoms with Crippen LogP contribution in [0.5, 0.6) is 5.75 Å². The number of hydrogen-bond donors (Lipinski definition) is 0. The van der Waals surface area contributed by atoms with Crippen LogP contribution in [0.15, 0.2) is 24.3 Å². The predicted molar refractivity (Wildman–Crippen MR) is 65.9 cm³/mol. The third kappa shape index (κ3) is 3.06. The van der Waals surface area contributed by atoms with E-state index in [1.165, 1.54) is 0 Å². The minimum absolute atomic E-state index is 0.658. The Hall–Kier alpha value is 0.110. The van der Waals surface area contributed by atoms with Crippen molar-refractivity contribution < 1.29 is 9.26 Å². The second-order valence-electron chi connectivity index (χ2n) is 2.61. The van der Waals surface area contributed by atoms with Gasteiger partial charge in [-0.15, -0.1) is 0 Å². The summed E-state index contributed by atoms with van der Waals surface area (Å²) < 4.78 is 10.4. The molecular weight excluding hydrogens is 235 g/mol. The maximum Gasteiger partial charge on any atom is 0.119 e. The number of ether oxygens (including phenoxy) is 1. The lowest BCUT2D eigenvalue weighted by molar-refractivity contribution is 0.340. The van der Waals surface area contributed by atoms with E-state index in [0.717, 1.165) is 11.1 Å². The first-order valence-corrected chi connectivity index (χ1v) is 7.93. The SMILES string of the molecule is CCOc1ccc([P+]([S-])([S-])OC)cc1. The fourth-order valence-electron chi connectivity index (χ4n) is 0.997. The third-order valence-electron chi connectivity index (χ3n) is 1.70. The summed E-state index contributed by atoms with van der Waals surface area (Å²) in [5, 5.41) is 0.897. The van der Waals surface area contributed by atoms with Crippen molar-refractivity contribution in [3.05, 3.63) is 24.3 Å². The largest absolute Gasteiger partial charge is 0.542 e. The van der Waals surface area contributed by atoms with Gasteiger partial charge in [0.2, 0.25) is 0 Å². The molecule has 0 aliphatic carbocycles. The number of benzene rings is 1. The van der Waals surface area contributed by atoms with Gasteiger partial charge >= 0.3 is 0 Å². The summed E-state index contributed by atoms with van der Waals surface area (Å²) in [4.78, 5) is 0. The molecule has 0 N–H and O–H groups in total. The molecule has 5 heteroatoms. The highest BCUT2D eigenvalue weighted by Crippen LogP contribution is 2.53. The molecule has 1 aromatic carbocycles. The Balaban J connectivity index is 2.82. The van der Waals surface area contributed by atoms with Crippen molar-refractivity contribution in [3.8, 4) is 5.75 Å². The summed E-state index contributed by atoms with van der Waals surface area (Å²) in [6.07, 6.45) is 0. The summed E-state index contributed by atoms with van der Waals surface area (Å²) in [5.74, 6) is -1.37. The quantitative estimate of drug-likeness (QED) is 0.599. The van der Waals surface area contributed by atoms with Gasteiger partial charge in [0.15, 0.2) is 0 Å². The Labute approximate surface area is 95.7 Å². The molecule has 0 spiro atoms. The molecule has 2 nitrogen and oxygen atoms in total. The van der Waals surface area contributed by atoms with E-state index in [9.17, 15) is 0 Å². The molecule has 0 saturated carbocycles. The molecule has 0 amide bonds. The Morgan fingerprint density at radius 1 is 1.21 bits per heavy atom. The van der Waals surface area contributed by atoms with Crippen molar-refractivity contribution in [2.45, 2.75) is 6.92 Å². The average Bonchev–Trinajstić information content (AvgIpc) is 2.19. The highest BCUT2D eigenvalue weighted by molar-refractivity contribution is 8.74. The van der Waals surface area contributed by atoms with Crippen LogP contribution >= 0.6 is 5.89 Å². The van der Waals surface area contributed by atoms with Crippen LogP contribution in [-0.2, 0) is 29.0 Å². The van der Waals surface area contributed by atoms with Gasteiger partial charge in [0.25, 0.3) is 0 Å². The van der Waals surface area contributed by atoms with Crippen LogP contribution in [0, 0.1) is 0 Å². The van der Waals surface area contributed by atoms with E-state index in [2.05, 4.69) is 0 Å². The first-order valence-electron chi connectivity index (χ1n) is 4.20. The van der Waals surface area contributed by atoms with E-state index in [1.807, 2.05) is 31.2 Å². The number of hydrogen-bond acceptors (Lipinski definition) is 4. The molecule has 0 aliphatic heterocycles. The second-order valence-corrected chi connectivity index (χ2v) is 8.26. The first-order chi connectivity index (χ1) is 6.60. The predicted octanol–water partition coefficient (Wildman–Crippen LogP) is 2.21. The zero-order valence-electron chi connectivity index (χ0n) is 8.10. The Morgan fingerprint density at radius 2 is 1.79 bits per heavy atom. The summed E-state index contributed by atoms with van der Waals surface area (Å²) in [6, 6.07) is 7.49. The molecule has 1 aromatic rings. The molecule has 0 aromatic heterocycles. The van der Waals surface area contributed by atoms with E-state index < -0.39 is 5.89 Å². The third-order valence-corrected chi connectivity index (χ3v) is 5.27.